The number of nitrogens with zero attached hydrogens (tertiary/aromatic N) is 3. The lowest BCUT2D eigenvalue weighted by atomic mass is 10.3. The molecule has 0 aliphatic rings. The first-order valence-corrected chi connectivity index (χ1v) is 8.31. The lowest BCUT2D eigenvalue weighted by Gasteiger charge is -2.20. The van der Waals surface area contributed by atoms with Crippen LogP contribution >= 0.6 is 23.4 Å². The Kier molecular flexibility index (Phi) is 4.54. The second kappa shape index (κ2) is 6.60. The van der Waals surface area contributed by atoms with Crippen LogP contribution in [0.15, 0.2) is 47.8 Å². The van der Waals surface area contributed by atoms with Gasteiger partial charge >= 0.3 is 0 Å². The molecule has 1 aromatic carbocycles. The summed E-state index contributed by atoms with van der Waals surface area (Å²) < 4.78 is 0. The van der Waals surface area contributed by atoms with Crippen molar-refractivity contribution in [3.05, 3.63) is 47.6 Å². The molecule has 3 rings (SSSR count). The highest BCUT2D eigenvalue weighted by Crippen LogP contribution is 2.26. The highest BCUT2D eigenvalue weighted by atomic mass is 35.5. The first kappa shape index (κ1) is 15.8. The Bertz CT molecular complexity index is 836. The van der Waals surface area contributed by atoms with Crippen molar-refractivity contribution >= 4 is 46.1 Å². The summed E-state index contributed by atoms with van der Waals surface area (Å²) >= 11 is 7.28. The normalized spacial score (nSPS) is 12.3. The van der Waals surface area contributed by atoms with E-state index in [1.165, 1.54) is 11.8 Å². The molecule has 23 heavy (non-hydrogen) atoms. The molecule has 7 heteroatoms. The predicted octanol–water partition coefficient (Wildman–Crippen LogP) is 3.75. The maximum atomic E-state index is 12.5. The summed E-state index contributed by atoms with van der Waals surface area (Å²) in [5, 5.41) is 0.916. The number of nitrogens with one attached hydrogen (secondary N) is 1. The van der Waals surface area contributed by atoms with E-state index in [0.29, 0.717) is 15.8 Å². The first-order chi connectivity index (χ1) is 11.0. The number of imidazole rings is 1. The van der Waals surface area contributed by atoms with Crippen LogP contribution < -0.4 is 4.90 Å². The van der Waals surface area contributed by atoms with E-state index in [0.717, 1.165) is 11.2 Å². The molecule has 118 valence electrons. The SMILES string of the molecule is C[C@@H](Sc1nc2ncc(Cl)cc2[nH]1)C(=O)N(C)c1ccccc1. The number of halogens is 1. The maximum Gasteiger partial charge on any atom is 0.240 e. The molecular formula is C16H15ClN4OS. The van der Waals surface area contributed by atoms with E-state index in [-0.39, 0.29) is 11.2 Å². The largest absolute Gasteiger partial charge is 0.331 e. The fraction of sp³-hybridized carbons (Fsp3) is 0.188. The van der Waals surface area contributed by atoms with Crippen LogP contribution in [-0.4, -0.2) is 33.2 Å². The Morgan fingerprint density at radius 2 is 2.09 bits per heavy atom. The average molecular weight is 347 g/mol. The number of amides is 1. The van der Waals surface area contributed by atoms with E-state index in [1.807, 2.05) is 37.3 Å². The van der Waals surface area contributed by atoms with Crippen LogP contribution in [-0.2, 0) is 4.79 Å². The van der Waals surface area contributed by atoms with E-state index in [2.05, 4.69) is 15.0 Å². The van der Waals surface area contributed by atoms with Gasteiger partial charge in [-0.05, 0) is 25.1 Å². The Labute approximate surface area is 143 Å². The van der Waals surface area contributed by atoms with Crippen LogP contribution in [0.3, 0.4) is 0 Å². The highest BCUT2D eigenvalue weighted by Gasteiger charge is 2.21. The minimum Gasteiger partial charge on any atom is -0.331 e. The van der Waals surface area contributed by atoms with Crippen molar-refractivity contribution in [3.63, 3.8) is 0 Å². The summed E-state index contributed by atoms with van der Waals surface area (Å²) in [4.78, 5) is 25.9. The highest BCUT2D eigenvalue weighted by molar-refractivity contribution is 8.00. The van der Waals surface area contributed by atoms with Crippen LogP contribution in [0.4, 0.5) is 5.69 Å². The number of benzene rings is 1. The molecule has 0 radical (unpaired) electrons. The number of pyridine rings is 1. The molecule has 0 aliphatic heterocycles. The van der Waals surface area contributed by atoms with Crippen LogP contribution in [0.1, 0.15) is 6.92 Å². The molecule has 0 saturated carbocycles. The number of carbonyl (C=O) groups is 1. The first-order valence-electron chi connectivity index (χ1n) is 7.05. The molecule has 0 bridgehead atoms. The number of aromatic nitrogens is 3. The zero-order valence-electron chi connectivity index (χ0n) is 12.7. The molecule has 0 spiro atoms. The van der Waals surface area contributed by atoms with Crippen LogP contribution in [0, 0.1) is 0 Å². The quantitative estimate of drug-likeness (QED) is 0.731. The minimum absolute atomic E-state index is 0.00708. The Hall–Kier alpha value is -2.05. The number of fused-ring (bicyclic) bond motifs is 1. The fourth-order valence-corrected chi connectivity index (χ4v) is 3.24. The molecule has 0 saturated heterocycles. The summed E-state index contributed by atoms with van der Waals surface area (Å²) in [5.74, 6) is 0.00708. The number of carbonyl (C=O) groups excluding carboxylic acids is 1. The molecule has 2 heterocycles. The van der Waals surface area contributed by atoms with E-state index < -0.39 is 0 Å². The lowest BCUT2D eigenvalue weighted by molar-refractivity contribution is -0.117. The van der Waals surface area contributed by atoms with E-state index in [9.17, 15) is 4.79 Å². The Morgan fingerprint density at radius 3 is 2.83 bits per heavy atom. The van der Waals surface area contributed by atoms with E-state index >= 15 is 0 Å². The van der Waals surface area contributed by atoms with Crippen LogP contribution in [0.5, 0.6) is 0 Å². The van der Waals surface area contributed by atoms with E-state index in [4.69, 9.17) is 11.6 Å². The van der Waals surface area contributed by atoms with Crippen LogP contribution in [0.2, 0.25) is 5.02 Å². The van der Waals surface area contributed by atoms with Gasteiger partial charge in [0.25, 0.3) is 0 Å². The number of aromatic amines is 1. The molecule has 0 aliphatic carbocycles. The molecule has 5 nitrogen and oxygen atoms in total. The number of H-pyrrole nitrogens is 1. The van der Waals surface area contributed by atoms with Crippen LogP contribution in [0.25, 0.3) is 11.2 Å². The van der Waals surface area contributed by atoms with E-state index in [1.54, 1.807) is 24.2 Å². The second-order valence-electron chi connectivity index (χ2n) is 5.06. The van der Waals surface area contributed by atoms with Crippen molar-refractivity contribution in [2.45, 2.75) is 17.3 Å². The number of thioether (sulfide) groups is 1. The van der Waals surface area contributed by atoms with Gasteiger partial charge in [-0.3, -0.25) is 4.79 Å². The Balaban J connectivity index is 1.74. The number of anilines is 1. The zero-order valence-corrected chi connectivity index (χ0v) is 14.2. The van der Waals surface area contributed by atoms with Crippen molar-refractivity contribution in [2.24, 2.45) is 0 Å². The third-order valence-electron chi connectivity index (χ3n) is 3.39. The average Bonchev–Trinajstić information content (AvgIpc) is 2.95. The van der Waals surface area contributed by atoms with Gasteiger partial charge in [0.1, 0.15) is 0 Å². The summed E-state index contributed by atoms with van der Waals surface area (Å²) in [7, 11) is 1.77. The topological polar surface area (TPSA) is 61.9 Å². The van der Waals surface area contributed by atoms with Gasteiger partial charge in [0.15, 0.2) is 10.8 Å². The van der Waals surface area contributed by atoms with Gasteiger partial charge in [-0.2, -0.15) is 0 Å². The van der Waals surface area contributed by atoms with Gasteiger partial charge in [-0.1, -0.05) is 41.6 Å². The smallest absolute Gasteiger partial charge is 0.240 e. The second-order valence-corrected chi connectivity index (χ2v) is 6.83. The van der Waals surface area contributed by atoms with Gasteiger partial charge in [0, 0.05) is 18.9 Å². The summed E-state index contributed by atoms with van der Waals surface area (Å²) in [6.45, 7) is 1.86. The molecule has 3 aromatic rings. The van der Waals surface area contributed by atoms with Crippen molar-refractivity contribution in [1.82, 2.24) is 15.0 Å². The number of para-hydroxylation sites is 1. The minimum atomic E-state index is -0.281. The summed E-state index contributed by atoms with van der Waals surface area (Å²) in [6, 6.07) is 11.3. The fourth-order valence-electron chi connectivity index (χ4n) is 2.18. The third kappa shape index (κ3) is 3.48. The van der Waals surface area contributed by atoms with Crippen molar-refractivity contribution in [3.8, 4) is 0 Å². The Morgan fingerprint density at radius 1 is 1.35 bits per heavy atom. The van der Waals surface area contributed by atoms with Crippen molar-refractivity contribution in [2.75, 3.05) is 11.9 Å². The molecule has 2 aromatic heterocycles. The standard InChI is InChI=1S/C16H15ClN4OS/c1-10(15(22)21(2)12-6-4-3-5-7-12)23-16-19-13-8-11(17)9-18-14(13)20-16/h3-10H,1-2H3,(H,18,19,20)/t10-/m1/s1. The predicted molar refractivity (Wildman–Crippen MR) is 94.1 cm³/mol. The molecule has 0 fully saturated rings. The van der Waals surface area contributed by atoms with Gasteiger partial charge < -0.3 is 9.88 Å². The van der Waals surface area contributed by atoms with Gasteiger partial charge in [-0.25, -0.2) is 9.97 Å². The molecule has 1 N–H and O–H groups in total. The number of rotatable bonds is 4. The molecule has 1 atom stereocenters. The zero-order chi connectivity index (χ0) is 16.4. The molecule has 0 unspecified atom stereocenters. The lowest BCUT2D eigenvalue weighted by Crippen LogP contribution is -2.33. The van der Waals surface area contributed by atoms with Crippen molar-refractivity contribution in [1.29, 1.82) is 0 Å². The molecular weight excluding hydrogens is 332 g/mol. The summed E-state index contributed by atoms with van der Waals surface area (Å²) in [5.41, 5.74) is 2.21. The monoisotopic (exact) mass is 346 g/mol. The number of hydrogen-bond acceptors (Lipinski definition) is 4. The van der Waals surface area contributed by atoms with Crippen molar-refractivity contribution < 1.29 is 4.79 Å². The number of hydrogen-bond donors (Lipinski definition) is 1. The van der Waals surface area contributed by atoms with Gasteiger partial charge in [0.2, 0.25) is 5.91 Å². The maximum absolute atomic E-state index is 12.5. The third-order valence-corrected chi connectivity index (χ3v) is 4.57. The van der Waals surface area contributed by atoms with Gasteiger partial charge in [-0.15, -0.1) is 0 Å². The molecule has 1 amide bonds. The van der Waals surface area contributed by atoms with Gasteiger partial charge in [0.05, 0.1) is 15.8 Å². The summed E-state index contributed by atoms with van der Waals surface area (Å²) in [6.07, 6.45) is 1.55.